The second kappa shape index (κ2) is 5.65. The first kappa shape index (κ1) is 13.3. The van der Waals surface area contributed by atoms with Gasteiger partial charge in [-0.15, -0.1) is 0 Å². The highest BCUT2D eigenvalue weighted by Crippen LogP contribution is 2.29. The molecule has 0 saturated carbocycles. The maximum atomic E-state index is 13.0. The Labute approximate surface area is 109 Å². The van der Waals surface area contributed by atoms with Gasteiger partial charge < -0.3 is 11.1 Å². The van der Waals surface area contributed by atoms with Crippen LogP contribution in [0.25, 0.3) is 0 Å². The van der Waals surface area contributed by atoms with Gasteiger partial charge in [-0.1, -0.05) is 12.1 Å². The molecule has 0 fully saturated rings. The maximum Gasteiger partial charge on any atom is 0.265 e. The number of hydrogen-bond acceptors (Lipinski definition) is 2. The number of anilines is 2. The van der Waals surface area contributed by atoms with Crippen LogP contribution in [0.2, 0.25) is 0 Å². The third-order valence-corrected chi connectivity index (χ3v) is 2.68. The third-order valence-electron chi connectivity index (χ3n) is 2.68. The molecular weight excluding hydrogens is 253 g/mol. The molecule has 0 aliphatic heterocycles. The lowest BCUT2D eigenvalue weighted by molar-refractivity contribution is 0.152. The predicted octanol–water partition coefficient (Wildman–Crippen LogP) is 3.96. The second-order valence-corrected chi connectivity index (χ2v) is 4.13. The van der Waals surface area contributed by atoms with Crippen LogP contribution in [0.15, 0.2) is 42.5 Å². The zero-order valence-corrected chi connectivity index (χ0v) is 10.0. The van der Waals surface area contributed by atoms with Crippen molar-refractivity contribution >= 4 is 11.4 Å². The van der Waals surface area contributed by atoms with Crippen molar-refractivity contribution in [3.63, 3.8) is 0 Å². The molecule has 0 bridgehead atoms. The van der Waals surface area contributed by atoms with E-state index in [-0.39, 0.29) is 23.6 Å². The molecule has 0 amide bonds. The van der Waals surface area contributed by atoms with Crippen molar-refractivity contribution in [1.29, 1.82) is 0 Å². The molecule has 100 valence electrons. The summed E-state index contributed by atoms with van der Waals surface area (Å²) in [6.45, 7) is 0.265. The lowest BCUT2D eigenvalue weighted by Gasteiger charge is -2.12. The molecule has 0 atom stereocenters. The minimum Gasteiger partial charge on any atom is -0.399 e. The third kappa shape index (κ3) is 3.40. The summed E-state index contributed by atoms with van der Waals surface area (Å²) in [7, 11) is 0. The van der Waals surface area contributed by atoms with Crippen LogP contribution in [0, 0.1) is 5.82 Å². The summed E-state index contributed by atoms with van der Waals surface area (Å²) in [5, 5.41) is 2.86. The average Bonchev–Trinajstić information content (AvgIpc) is 2.37. The first-order valence-corrected chi connectivity index (χ1v) is 5.72. The molecule has 2 rings (SSSR count). The Hall–Kier alpha value is -2.17. The highest BCUT2D eigenvalue weighted by molar-refractivity contribution is 5.58. The van der Waals surface area contributed by atoms with Crippen molar-refractivity contribution in [2.45, 2.75) is 13.0 Å². The van der Waals surface area contributed by atoms with Crippen LogP contribution in [-0.4, -0.2) is 0 Å². The first-order chi connectivity index (χ1) is 9.06. The Morgan fingerprint density at radius 2 is 1.89 bits per heavy atom. The van der Waals surface area contributed by atoms with Crippen LogP contribution in [0.1, 0.15) is 17.6 Å². The molecule has 2 aromatic carbocycles. The monoisotopic (exact) mass is 266 g/mol. The molecule has 19 heavy (non-hydrogen) atoms. The van der Waals surface area contributed by atoms with Crippen LogP contribution in [0.5, 0.6) is 0 Å². The summed E-state index contributed by atoms with van der Waals surface area (Å²) in [6, 6.07) is 10.2. The normalized spacial score (nSPS) is 10.7. The minimum absolute atomic E-state index is 0.156. The lowest BCUT2D eigenvalue weighted by Crippen LogP contribution is -2.03. The van der Waals surface area contributed by atoms with Crippen molar-refractivity contribution in [3.05, 3.63) is 59.4 Å². The number of hydrogen-bond donors (Lipinski definition) is 2. The predicted molar refractivity (Wildman–Crippen MR) is 69.5 cm³/mol. The summed E-state index contributed by atoms with van der Waals surface area (Å²) in [5.74, 6) is -0.356. The van der Waals surface area contributed by atoms with E-state index in [9.17, 15) is 13.2 Å². The number of rotatable bonds is 4. The summed E-state index contributed by atoms with van der Waals surface area (Å²) in [6.07, 6.45) is -2.61. The zero-order chi connectivity index (χ0) is 13.8. The van der Waals surface area contributed by atoms with Crippen LogP contribution >= 0.6 is 0 Å². The van der Waals surface area contributed by atoms with Crippen molar-refractivity contribution in [2.24, 2.45) is 0 Å². The van der Waals surface area contributed by atoms with E-state index in [1.54, 1.807) is 18.2 Å². The minimum atomic E-state index is -2.61. The Morgan fingerprint density at radius 3 is 2.58 bits per heavy atom. The van der Waals surface area contributed by atoms with Crippen LogP contribution in [-0.2, 0) is 6.54 Å². The SMILES string of the molecule is Nc1ccc(NCc2cccc(F)c2)c(C(F)F)c1. The Kier molecular flexibility index (Phi) is 3.94. The van der Waals surface area contributed by atoms with Gasteiger partial charge in [-0.05, 0) is 35.9 Å². The number of nitrogen functional groups attached to an aromatic ring is 1. The lowest BCUT2D eigenvalue weighted by atomic mass is 10.1. The van der Waals surface area contributed by atoms with Crippen molar-refractivity contribution in [3.8, 4) is 0 Å². The Bertz CT molecular complexity index is 570. The summed E-state index contributed by atoms with van der Waals surface area (Å²) in [5.41, 5.74) is 6.59. The fraction of sp³-hybridized carbons (Fsp3) is 0.143. The van der Waals surface area contributed by atoms with Crippen molar-refractivity contribution < 1.29 is 13.2 Å². The van der Waals surface area contributed by atoms with E-state index in [2.05, 4.69) is 5.32 Å². The van der Waals surface area contributed by atoms with E-state index in [0.717, 1.165) is 0 Å². The van der Waals surface area contributed by atoms with Gasteiger partial charge in [0.2, 0.25) is 0 Å². The van der Waals surface area contributed by atoms with Crippen LogP contribution in [0.3, 0.4) is 0 Å². The average molecular weight is 266 g/mol. The fourth-order valence-electron chi connectivity index (χ4n) is 1.77. The van der Waals surface area contributed by atoms with Gasteiger partial charge in [0.1, 0.15) is 5.82 Å². The molecule has 0 unspecified atom stereocenters. The van der Waals surface area contributed by atoms with E-state index >= 15 is 0 Å². The van der Waals surface area contributed by atoms with E-state index < -0.39 is 6.43 Å². The van der Waals surface area contributed by atoms with E-state index in [1.807, 2.05) is 0 Å². The number of nitrogens with one attached hydrogen (secondary N) is 1. The number of nitrogens with two attached hydrogens (primary N) is 1. The topological polar surface area (TPSA) is 38.0 Å². The maximum absolute atomic E-state index is 13.0. The molecule has 0 aliphatic rings. The van der Waals surface area contributed by atoms with Crippen molar-refractivity contribution in [1.82, 2.24) is 0 Å². The fourth-order valence-corrected chi connectivity index (χ4v) is 1.77. The molecule has 2 aromatic rings. The van der Waals surface area contributed by atoms with Gasteiger partial charge in [0.15, 0.2) is 0 Å². The molecular formula is C14H13F3N2. The first-order valence-electron chi connectivity index (χ1n) is 5.72. The summed E-state index contributed by atoms with van der Waals surface area (Å²) < 4.78 is 38.7. The highest BCUT2D eigenvalue weighted by atomic mass is 19.3. The van der Waals surface area contributed by atoms with Crippen molar-refractivity contribution in [2.75, 3.05) is 11.1 Å². The number of halogens is 3. The summed E-state index contributed by atoms with van der Waals surface area (Å²) >= 11 is 0. The highest BCUT2D eigenvalue weighted by Gasteiger charge is 2.13. The van der Waals surface area contributed by atoms with Gasteiger partial charge in [-0.3, -0.25) is 0 Å². The van der Waals surface area contributed by atoms with E-state index in [1.165, 1.54) is 24.3 Å². The van der Waals surface area contributed by atoms with Crippen LogP contribution < -0.4 is 11.1 Å². The van der Waals surface area contributed by atoms with Gasteiger partial charge in [0, 0.05) is 23.5 Å². The molecule has 5 heteroatoms. The van der Waals surface area contributed by atoms with Gasteiger partial charge >= 0.3 is 0 Å². The van der Waals surface area contributed by atoms with Gasteiger partial charge in [-0.2, -0.15) is 0 Å². The molecule has 0 saturated heterocycles. The molecule has 0 aliphatic carbocycles. The molecule has 3 N–H and O–H groups in total. The standard InChI is InChI=1S/C14H13F3N2/c15-10-3-1-2-9(6-10)8-19-13-5-4-11(18)7-12(13)14(16)17/h1-7,14,19H,8,18H2. The largest absolute Gasteiger partial charge is 0.399 e. The second-order valence-electron chi connectivity index (χ2n) is 4.13. The smallest absolute Gasteiger partial charge is 0.265 e. The van der Waals surface area contributed by atoms with E-state index in [4.69, 9.17) is 5.73 Å². The molecule has 0 radical (unpaired) electrons. The Morgan fingerprint density at radius 1 is 1.11 bits per heavy atom. The quantitative estimate of drug-likeness (QED) is 0.822. The van der Waals surface area contributed by atoms with E-state index in [0.29, 0.717) is 11.3 Å². The molecule has 0 heterocycles. The summed E-state index contributed by atoms with van der Waals surface area (Å²) in [4.78, 5) is 0. The zero-order valence-electron chi connectivity index (χ0n) is 10.0. The molecule has 0 aromatic heterocycles. The van der Waals surface area contributed by atoms with Crippen LogP contribution in [0.4, 0.5) is 24.5 Å². The molecule has 0 spiro atoms. The number of alkyl halides is 2. The van der Waals surface area contributed by atoms with Gasteiger partial charge in [0.25, 0.3) is 6.43 Å². The molecule has 2 nitrogen and oxygen atoms in total. The Balaban J connectivity index is 2.15. The van der Waals surface area contributed by atoms with Gasteiger partial charge in [-0.25, -0.2) is 13.2 Å². The van der Waals surface area contributed by atoms with Gasteiger partial charge in [0.05, 0.1) is 0 Å². The number of benzene rings is 2.